The standard InChI is InChI=1S/C16H13NO5/c1-11(18)21-14-10-6-5-9-13(14)15(19)17-22-16(20)12-7-3-2-4-8-12/h2-10H,1H3,(H,17,19). The molecule has 1 amide bonds. The Morgan fingerprint density at radius 1 is 0.909 bits per heavy atom. The number of carbonyl (C=O) groups is 3. The Morgan fingerprint density at radius 2 is 1.55 bits per heavy atom. The first-order chi connectivity index (χ1) is 10.6. The molecule has 0 radical (unpaired) electrons. The summed E-state index contributed by atoms with van der Waals surface area (Å²) < 4.78 is 4.92. The van der Waals surface area contributed by atoms with Crippen LogP contribution < -0.4 is 10.2 Å². The van der Waals surface area contributed by atoms with Gasteiger partial charge in [0.25, 0.3) is 5.91 Å². The van der Waals surface area contributed by atoms with Crippen molar-refractivity contribution in [1.29, 1.82) is 0 Å². The van der Waals surface area contributed by atoms with Gasteiger partial charge >= 0.3 is 11.9 Å². The zero-order chi connectivity index (χ0) is 15.9. The van der Waals surface area contributed by atoms with Crippen molar-refractivity contribution in [3.63, 3.8) is 0 Å². The summed E-state index contributed by atoms with van der Waals surface area (Å²) in [6, 6.07) is 14.3. The van der Waals surface area contributed by atoms with Gasteiger partial charge in [-0.25, -0.2) is 4.79 Å². The Labute approximate surface area is 126 Å². The Kier molecular flexibility index (Phi) is 4.87. The van der Waals surface area contributed by atoms with Gasteiger partial charge in [-0.3, -0.25) is 9.59 Å². The molecule has 6 heteroatoms. The summed E-state index contributed by atoms with van der Waals surface area (Å²) in [7, 11) is 0. The minimum Gasteiger partial charge on any atom is -0.426 e. The minimum absolute atomic E-state index is 0.0820. The summed E-state index contributed by atoms with van der Waals surface area (Å²) in [6.07, 6.45) is 0. The second kappa shape index (κ2) is 7.03. The highest BCUT2D eigenvalue weighted by Crippen LogP contribution is 2.18. The predicted octanol–water partition coefficient (Wildman–Crippen LogP) is 2.11. The molecule has 0 saturated carbocycles. The molecule has 0 atom stereocenters. The number of hydrogen-bond acceptors (Lipinski definition) is 5. The summed E-state index contributed by atoms with van der Waals surface area (Å²) in [5, 5.41) is 0. The van der Waals surface area contributed by atoms with Gasteiger partial charge in [0.2, 0.25) is 0 Å². The third kappa shape index (κ3) is 3.92. The van der Waals surface area contributed by atoms with E-state index in [2.05, 4.69) is 0 Å². The highest BCUT2D eigenvalue weighted by atomic mass is 16.7. The van der Waals surface area contributed by atoms with Crippen LogP contribution in [0.3, 0.4) is 0 Å². The summed E-state index contributed by atoms with van der Waals surface area (Å²) in [5.74, 6) is -1.86. The first kappa shape index (κ1) is 15.2. The fourth-order valence-corrected chi connectivity index (χ4v) is 1.68. The maximum absolute atomic E-state index is 12.0. The Hall–Kier alpha value is -3.15. The molecule has 0 bridgehead atoms. The van der Waals surface area contributed by atoms with Crippen LogP contribution in [0.2, 0.25) is 0 Å². The molecular weight excluding hydrogens is 286 g/mol. The smallest absolute Gasteiger partial charge is 0.362 e. The van der Waals surface area contributed by atoms with E-state index >= 15 is 0 Å². The number of hydrogen-bond donors (Lipinski definition) is 1. The van der Waals surface area contributed by atoms with Crippen molar-refractivity contribution in [2.75, 3.05) is 0 Å². The second-order valence-electron chi connectivity index (χ2n) is 4.28. The molecule has 0 aliphatic rings. The minimum atomic E-state index is -0.695. The summed E-state index contributed by atoms with van der Waals surface area (Å²) in [5.41, 5.74) is 2.41. The molecule has 22 heavy (non-hydrogen) atoms. The Balaban J connectivity index is 2.04. The van der Waals surface area contributed by atoms with E-state index < -0.39 is 17.8 Å². The van der Waals surface area contributed by atoms with Crippen molar-refractivity contribution in [2.45, 2.75) is 6.92 Å². The first-order valence-corrected chi connectivity index (χ1v) is 6.42. The molecule has 0 heterocycles. The van der Waals surface area contributed by atoms with Crippen LogP contribution in [-0.4, -0.2) is 17.8 Å². The van der Waals surface area contributed by atoms with Gasteiger partial charge in [0, 0.05) is 6.92 Å². The van der Waals surface area contributed by atoms with Crippen LogP contribution in [-0.2, 0) is 9.63 Å². The monoisotopic (exact) mass is 299 g/mol. The van der Waals surface area contributed by atoms with E-state index in [0.717, 1.165) is 0 Å². The van der Waals surface area contributed by atoms with Gasteiger partial charge in [-0.1, -0.05) is 30.3 Å². The van der Waals surface area contributed by atoms with Crippen LogP contribution >= 0.6 is 0 Å². The summed E-state index contributed by atoms with van der Waals surface area (Å²) in [4.78, 5) is 39.4. The van der Waals surface area contributed by atoms with Crippen molar-refractivity contribution in [2.24, 2.45) is 0 Å². The van der Waals surface area contributed by atoms with Crippen LogP contribution in [0.1, 0.15) is 27.6 Å². The molecule has 6 nitrogen and oxygen atoms in total. The lowest BCUT2D eigenvalue weighted by Crippen LogP contribution is -2.27. The maximum Gasteiger partial charge on any atom is 0.362 e. The average molecular weight is 299 g/mol. The van der Waals surface area contributed by atoms with Gasteiger partial charge in [-0.2, -0.15) is 5.48 Å². The van der Waals surface area contributed by atoms with E-state index in [4.69, 9.17) is 9.57 Å². The third-order valence-electron chi connectivity index (χ3n) is 2.63. The molecule has 0 spiro atoms. The molecule has 112 valence electrons. The van der Waals surface area contributed by atoms with Crippen LogP contribution in [0.15, 0.2) is 54.6 Å². The van der Waals surface area contributed by atoms with Crippen LogP contribution in [0.5, 0.6) is 5.75 Å². The van der Waals surface area contributed by atoms with Gasteiger partial charge in [-0.15, -0.1) is 0 Å². The van der Waals surface area contributed by atoms with E-state index in [1.54, 1.807) is 42.5 Å². The van der Waals surface area contributed by atoms with Crippen molar-refractivity contribution < 1.29 is 24.0 Å². The lowest BCUT2D eigenvalue weighted by Gasteiger charge is -2.09. The van der Waals surface area contributed by atoms with Gasteiger partial charge in [0.15, 0.2) is 0 Å². The van der Waals surface area contributed by atoms with Crippen molar-refractivity contribution in [1.82, 2.24) is 5.48 Å². The second-order valence-corrected chi connectivity index (χ2v) is 4.28. The summed E-state index contributed by atoms with van der Waals surface area (Å²) in [6.45, 7) is 1.23. The van der Waals surface area contributed by atoms with E-state index in [-0.39, 0.29) is 11.3 Å². The van der Waals surface area contributed by atoms with Gasteiger partial charge in [0.1, 0.15) is 5.75 Å². The predicted molar refractivity (Wildman–Crippen MR) is 77.1 cm³/mol. The van der Waals surface area contributed by atoms with Crippen molar-refractivity contribution in [3.05, 3.63) is 65.7 Å². The lowest BCUT2D eigenvalue weighted by atomic mass is 10.2. The van der Waals surface area contributed by atoms with Gasteiger partial charge < -0.3 is 9.57 Å². The molecular formula is C16H13NO5. The van der Waals surface area contributed by atoms with Crippen LogP contribution in [0.4, 0.5) is 0 Å². The number of para-hydroxylation sites is 1. The first-order valence-electron chi connectivity index (χ1n) is 6.42. The molecule has 0 saturated heterocycles. The SMILES string of the molecule is CC(=O)Oc1ccccc1C(=O)NOC(=O)c1ccccc1. The lowest BCUT2D eigenvalue weighted by molar-refractivity contribution is -0.131. The quantitative estimate of drug-likeness (QED) is 0.533. The number of amides is 1. The third-order valence-corrected chi connectivity index (χ3v) is 2.63. The van der Waals surface area contributed by atoms with E-state index in [1.165, 1.54) is 19.1 Å². The van der Waals surface area contributed by atoms with Gasteiger partial charge in [-0.05, 0) is 24.3 Å². The molecule has 0 aromatic heterocycles. The van der Waals surface area contributed by atoms with E-state index in [1.807, 2.05) is 5.48 Å². The molecule has 2 rings (SSSR count). The number of hydroxylamine groups is 1. The molecule has 0 aliphatic heterocycles. The van der Waals surface area contributed by atoms with Crippen molar-refractivity contribution in [3.8, 4) is 5.75 Å². The molecule has 0 fully saturated rings. The largest absolute Gasteiger partial charge is 0.426 e. The number of ether oxygens (including phenoxy) is 1. The zero-order valence-corrected chi connectivity index (χ0v) is 11.7. The fraction of sp³-hybridized carbons (Fsp3) is 0.0625. The fourth-order valence-electron chi connectivity index (χ4n) is 1.68. The molecule has 2 aromatic carbocycles. The molecule has 1 N–H and O–H groups in total. The number of esters is 1. The topological polar surface area (TPSA) is 81.7 Å². The average Bonchev–Trinajstić information content (AvgIpc) is 2.53. The highest BCUT2D eigenvalue weighted by molar-refractivity contribution is 5.98. The van der Waals surface area contributed by atoms with Crippen LogP contribution in [0, 0.1) is 0 Å². The number of benzene rings is 2. The normalized spacial score (nSPS) is 9.68. The zero-order valence-electron chi connectivity index (χ0n) is 11.7. The maximum atomic E-state index is 12.0. The molecule has 0 aliphatic carbocycles. The molecule has 2 aromatic rings. The highest BCUT2D eigenvalue weighted by Gasteiger charge is 2.15. The number of rotatable bonds is 3. The van der Waals surface area contributed by atoms with Gasteiger partial charge in [0.05, 0.1) is 11.1 Å². The van der Waals surface area contributed by atoms with E-state index in [0.29, 0.717) is 5.56 Å². The van der Waals surface area contributed by atoms with Crippen molar-refractivity contribution >= 4 is 17.8 Å². The Morgan fingerprint density at radius 3 is 2.23 bits per heavy atom. The van der Waals surface area contributed by atoms with Crippen LogP contribution in [0.25, 0.3) is 0 Å². The summed E-state index contributed by atoms with van der Waals surface area (Å²) >= 11 is 0. The number of nitrogens with one attached hydrogen (secondary N) is 1. The Bertz CT molecular complexity index is 697. The molecule has 0 unspecified atom stereocenters. The number of carbonyl (C=O) groups excluding carboxylic acids is 3. The van der Waals surface area contributed by atoms with E-state index in [9.17, 15) is 14.4 Å².